The highest BCUT2D eigenvalue weighted by molar-refractivity contribution is 5.76. The first-order chi connectivity index (χ1) is 37.8. The summed E-state index contributed by atoms with van der Waals surface area (Å²) in [6.45, 7) is 3.82. The van der Waals surface area contributed by atoms with Crippen LogP contribution in [0, 0.1) is 0 Å². The first-order valence-corrected chi connectivity index (χ1v) is 33.7. The predicted octanol–water partition coefficient (Wildman–Crippen LogP) is 17.9. The zero-order valence-corrected chi connectivity index (χ0v) is 50.7. The van der Waals surface area contributed by atoms with Crippen LogP contribution in [0.15, 0.2) is 36.5 Å². The third-order valence-corrected chi connectivity index (χ3v) is 16.2. The van der Waals surface area contributed by atoms with Gasteiger partial charge in [-0.25, -0.2) is 0 Å². The quantitative estimate of drug-likeness (QED) is 0.0261. The van der Waals surface area contributed by atoms with Gasteiger partial charge in [0, 0.05) is 6.42 Å². The van der Waals surface area contributed by atoms with Crippen LogP contribution in [-0.2, 0) is 14.3 Å². The van der Waals surface area contributed by atoms with Gasteiger partial charge in [-0.3, -0.25) is 4.79 Å². The van der Waals surface area contributed by atoms with Crippen LogP contribution in [0.3, 0.4) is 0 Å². The molecule has 0 spiro atoms. The van der Waals surface area contributed by atoms with E-state index in [-0.39, 0.29) is 12.5 Å². The van der Waals surface area contributed by atoms with Crippen molar-refractivity contribution in [2.45, 2.75) is 378 Å². The molecule has 7 unspecified atom stereocenters. The summed E-state index contributed by atoms with van der Waals surface area (Å²) in [6, 6.07) is -0.805. The number of nitrogens with one attached hydrogen (secondary N) is 1. The lowest BCUT2D eigenvalue weighted by molar-refractivity contribution is -0.302. The van der Waals surface area contributed by atoms with Gasteiger partial charge in [0.05, 0.1) is 25.4 Å². The van der Waals surface area contributed by atoms with E-state index in [1.807, 2.05) is 6.08 Å². The number of hydrogen-bond donors (Lipinski definition) is 6. The fourth-order valence-corrected chi connectivity index (χ4v) is 10.9. The smallest absolute Gasteiger partial charge is 0.220 e. The van der Waals surface area contributed by atoms with E-state index in [0.29, 0.717) is 6.42 Å². The Bertz CT molecular complexity index is 1310. The average molecular weight is 1090 g/mol. The van der Waals surface area contributed by atoms with Gasteiger partial charge in [0.25, 0.3) is 0 Å². The fourth-order valence-electron chi connectivity index (χ4n) is 10.9. The summed E-state index contributed by atoms with van der Waals surface area (Å²) >= 11 is 0. The second kappa shape index (κ2) is 57.6. The third kappa shape index (κ3) is 46.7. The van der Waals surface area contributed by atoms with E-state index in [2.05, 4.69) is 43.5 Å². The van der Waals surface area contributed by atoms with Crippen molar-refractivity contribution >= 4 is 5.91 Å². The number of aliphatic hydroxyl groups is 5. The van der Waals surface area contributed by atoms with Crippen molar-refractivity contribution in [3.63, 3.8) is 0 Å². The topological polar surface area (TPSA) is 149 Å². The first-order valence-electron chi connectivity index (χ1n) is 33.7. The standard InChI is InChI=1S/C68H129NO8/c1-3-5-7-9-11-13-15-17-19-21-23-25-27-29-30-31-32-34-36-38-40-42-44-46-48-50-52-54-56-58-64(72)69-61(60-76-68-67(75)66(74)65(73)63(59-70)77-68)62(71)57-55-53-51-49-47-45-43-41-39-37-35-33-28-26-24-22-20-18-16-14-12-10-8-6-4-2/h15,17,21,23,55,57,61-63,65-68,70-71,73-75H,3-14,16,18-20,22,24-54,56,58-60H2,1-2H3,(H,69,72)/b17-15-,23-21-,57-55+. The van der Waals surface area contributed by atoms with E-state index in [1.54, 1.807) is 6.08 Å². The van der Waals surface area contributed by atoms with Gasteiger partial charge >= 0.3 is 0 Å². The number of rotatable bonds is 59. The molecule has 7 atom stereocenters. The summed E-state index contributed by atoms with van der Waals surface area (Å²) in [5.41, 5.74) is 0. The number of ether oxygens (including phenoxy) is 2. The molecule has 6 N–H and O–H groups in total. The molecule has 1 rings (SSSR count). The zero-order chi connectivity index (χ0) is 55.8. The van der Waals surface area contributed by atoms with Gasteiger partial charge in [-0.2, -0.15) is 0 Å². The molecule has 0 radical (unpaired) electrons. The van der Waals surface area contributed by atoms with E-state index in [9.17, 15) is 30.3 Å². The lowest BCUT2D eigenvalue weighted by Gasteiger charge is -2.40. The van der Waals surface area contributed by atoms with Crippen molar-refractivity contribution in [2.75, 3.05) is 13.2 Å². The summed E-state index contributed by atoms with van der Waals surface area (Å²) in [4.78, 5) is 13.1. The largest absolute Gasteiger partial charge is 0.394 e. The number of hydrogen-bond acceptors (Lipinski definition) is 8. The van der Waals surface area contributed by atoms with Crippen LogP contribution in [0.2, 0.25) is 0 Å². The van der Waals surface area contributed by atoms with Gasteiger partial charge in [-0.1, -0.05) is 314 Å². The second-order valence-corrected chi connectivity index (χ2v) is 23.6. The normalized spacial score (nSPS) is 18.9. The summed E-state index contributed by atoms with van der Waals surface area (Å²) in [7, 11) is 0. The van der Waals surface area contributed by atoms with Crippen LogP contribution in [0.5, 0.6) is 0 Å². The van der Waals surface area contributed by atoms with Crippen LogP contribution in [0.4, 0.5) is 0 Å². The number of aliphatic hydroxyl groups excluding tert-OH is 5. The van der Waals surface area contributed by atoms with Gasteiger partial charge in [-0.15, -0.1) is 0 Å². The molecule has 0 aromatic rings. The molecule has 0 aromatic heterocycles. The molecule has 1 aliphatic heterocycles. The highest BCUT2D eigenvalue weighted by atomic mass is 16.7. The summed E-state index contributed by atoms with van der Waals surface area (Å²) < 4.78 is 11.3. The molecule has 1 aliphatic rings. The Hall–Kier alpha value is -1.59. The molecule has 0 saturated carbocycles. The maximum Gasteiger partial charge on any atom is 0.220 e. The van der Waals surface area contributed by atoms with Crippen molar-refractivity contribution in [1.29, 1.82) is 0 Å². The van der Waals surface area contributed by atoms with Crippen LogP contribution < -0.4 is 5.32 Å². The molecular formula is C68H129NO8. The van der Waals surface area contributed by atoms with Crippen molar-refractivity contribution in [2.24, 2.45) is 0 Å². The van der Waals surface area contributed by atoms with Gasteiger partial charge in [0.2, 0.25) is 5.91 Å². The fraction of sp³-hybridized carbons (Fsp3) is 0.897. The molecule has 77 heavy (non-hydrogen) atoms. The molecule has 9 nitrogen and oxygen atoms in total. The predicted molar refractivity (Wildman–Crippen MR) is 327 cm³/mol. The molecular weight excluding hydrogens is 959 g/mol. The van der Waals surface area contributed by atoms with Crippen LogP contribution in [0.25, 0.3) is 0 Å². The minimum absolute atomic E-state index is 0.171. The molecule has 1 saturated heterocycles. The Balaban J connectivity index is 2.14. The lowest BCUT2D eigenvalue weighted by atomic mass is 9.99. The van der Waals surface area contributed by atoms with Gasteiger partial charge in [0.1, 0.15) is 24.4 Å². The van der Waals surface area contributed by atoms with Gasteiger partial charge < -0.3 is 40.3 Å². The molecule has 0 bridgehead atoms. The molecule has 454 valence electrons. The van der Waals surface area contributed by atoms with Crippen molar-refractivity contribution in [3.8, 4) is 0 Å². The SMILES string of the molecule is CCCCCCC/C=C\C/C=C\CCCCCCCCCCCCCCCCCCCC(=O)NC(COC1OC(CO)C(O)C(O)C1O)C(O)/C=C/CCCCCCCCCCCCCCCCCCCCCCCCC. The van der Waals surface area contributed by atoms with E-state index in [1.165, 1.54) is 270 Å². The second-order valence-electron chi connectivity index (χ2n) is 23.6. The number of amides is 1. The maximum absolute atomic E-state index is 13.1. The number of carbonyl (C=O) groups excluding carboxylic acids is 1. The highest BCUT2D eigenvalue weighted by Crippen LogP contribution is 2.23. The molecule has 0 aliphatic carbocycles. The maximum atomic E-state index is 13.1. The first kappa shape index (κ1) is 73.4. The van der Waals surface area contributed by atoms with Crippen molar-refractivity contribution < 1.29 is 39.8 Å². The Morgan fingerprint density at radius 2 is 0.766 bits per heavy atom. The van der Waals surface area contributed by atoms with Crippen molar-refractivity contribution in [3.05, 3.63) is 36.5 Å². The van der Waals surface area contributed by atoms with E-state index in [0.717, 1.165) is 44.9 Å². The molecule has 1 heterocycles. The Kier molecular flexibility index (Phi) is 55.0. The minimum atomic E-state index is -1.57. The summed E-state index contributed by atoms with van der Waals surface area (Å²) in [5.74, 6) is -0.171. The van der Waals surface area contributed by atoms with Crippen LogP contribution in [0.1, 0.15) is 335 Å². The zero-order valence-electron chi connectivity index (χ0n) is 50.7. The van der Waals surface area contributed by atoms with Crippen LogP contribution >= 0.6 is 0 Å². The lowest BCUT2D eigenvalue weighted by Crippen LogP contribution is -2.60. The van der Waals surface area contributed by atoms with Gasteiger partial charge in [0.15, 0.2) is 6.29 Å². The van der Waals surface area contributed by atoms with E-state index >= 15 is 0 Å². The van der Waals surface area contributed by atoms with E-state index in [4.69, 9.17) is 9.47 Å². The van der Waals surface area contributed by atoms with Crippen molar-refractivity contribution in [1.82, 2.24) is 5.32 Å². The average Bonchev–Trinajstić information content (AvgIpc) is 3.43. The Morgan fingerprint density at radius 1 is 0.442 bits per heavy atom. The number of unbranched alkanes of at least 4 members (excludes halogenated alkanes) is 45. The molecule has 1 fully saturated rings. The summed E-state index contributed by atoms with van der Waals surface area (Å²) in [6.07, 6.45) is 69.5. The molecule has 9 heteroatoms. The number of allylic oxidation sites excluding steroid dienone is 5. The monoisotopic (exact) mass is 1090 g/mol. The minimum Gasteiger partial charge on any atom is -0.394 e. The molecule has 1 amide bonds. The Labute approximate surface area is 476 Å². The summed E-state index contributed by atoms with van der Waals surface area (Å²) in [5, 5.41) is 54.7. The Morgan fingerprint density at radius 3 is 1.12 bits per heavy atom. The van der Waals surface area contributed by atoms with Crippen LogP contribution in [-0.4, -0.2) is 87.5 Å². The van der Waals surface area contributed by atoms with E-state index < -0.39 is 49.5 Å². The number of carbonyl (C=O) groups is 1. The molecule has 0 aromatic carbocycles. The highest BCUT2D eigenvalue weighted by Gasteiger charge is 2.44. The third-order valence-electron chi connectivity index (χ3n) is 16.2. The van der Waals surface area contributed by atoms with Gasteiger partial charge in [-0.05, 0) is 51.4 Å².